The number of hydrogen-bond acceptors (Lipinski definition) is 8. The monoisotopic (exact) mass is 493 g/mol. The normalized spacial score (nSPS) is 16.6. The molecule has 4 aromatic heterocycles. The van der Waals surface area contributed by atoms with Crippen molar-refractivity contribution in [2.45, 2.75) is 38.5 Å². The van der Waals surface area contributed by atoms with E-state index in [9.17, 15) is 0 Å². The van der Waals surface area contributed by atoms with Crippen LogP contribution in [0, 0.1) is 13.8 Å². The fraction of sp³-hybridized carbons (Fsp3) is 0.286. The van der Waals surface area contributed by atoms with Gasteiger partial charge < -0.3 is 9.47 Å². The van der Waals surface area contributed by atoms with Gasteiger partial charge in [0.15, 0.2) is 17.3 Å². The Morgan fingerprint density at radius 1 is 0.811 bits per heavy atom. The number of rotatable bonds is 7. The van der Waals surface area contributed by atoms with E-state index in [-0.39, 0.29) is 0 Å². The fourth-order valence-corrected chi connectivity index (χ4v) is 4.83. The van der Waals surface area contributed by atoms with E-state index >= 15 is 0 Å². The minimum Gasteiger partial charge on any atom is -0.493 e. The zero-order chi connectivity index (χ0) is 25.5. The highest BCUT2D eigenvalue weighted by atomic mass is 16.5. The van der Waals surface area contributed by atoms with Gasteiger partial charge in [-0.2, -0.15) is 4.68 Å². The van der Waals surface area contributed by atoms with Gasteiger partial charge in [-0.1, -0.05) is 6.07 Å². The number of methoxy groups -OCH3 is 2. The van der Waals surface area contributed by atoms with Crippen molar-refractivity contribution in [2.24, 2.45) is 0 Å². The molecule has 1 fully saturated rings. The molecule has 5 aromatic rings. The van der Waals surface area contributed by atoms with Crippen LogP contribution in [0.15, 0.2) is 54.7 Å². The molecule has 1 saturated carbocycles. The molecule has 4 heterocycles. The Bertz CT molecular complexity index is 1610. The lowest BCUT2D eigenvalue weighted by Crippen LogP contribution is -2.09. The second-order valence-corrected chi connectivity index (χ2v) is 9.28. The highest BCUT2D eigenvalue weighted by Gasteiger charge is 2.42. The number of fused-ring (bicyclic) bond motifs is 1. The minimum atomic E-state index is 0.293. The van der Waals surface area contributed by atoms with E-state index in [4.69, 9.17) is 29.4 Å². The molecule has 0 amide bonds. The molecule has 6 rings (SSSR count). The molecule has 0 saturated heterocycles. The van der Waals surface area contributed by atoms with Crippen LogP contribution >= 0.6 is 0 Å². The Balaban J connectivity index is 1.29. The number of aromatic nitrogens is 7. The molecular weight excluding hydrogens is 466 g/mol. The SMILES string of the molecule is COc1ccc(Cc2nc(C)nn2-c2cc([C@@H]3C[C@H]3c3ccc4ncccc4n3)nc(C)n2)cc1OC. The zero-order valence-corrected chi connectivity index (χ0v) is 21.2. The van der Waals surface area contributed by atoms with Crippen molar-refractivity contribution in [3.63, 3.8) is 0 Å². The lowest BCUT2D eigenvalue weighted by Gasteiger charge is -2.11. The van der Waals surface area contributed by atoms with Crippen molar-refractivity contribution in [1.82, 2.24) is 34.7 Å². The predicted molar refractivity (Wildman–Crippen MR) is 138 cm³/mol. The maximum Gasteiger partial charge on any atom is 0.161 e. The van der Waals surface area contributed by atoms with Crippen LogP contribution < -0.4 is 9.47 Å². The molecular formula is C28H27N7O2. The molecule has 1 aromatic carbocycles. The lowest BCUT2D eigenvalue weighted by atomic mass is 10.1. The Morgan fingerprint density at radius 2 is 1.65 bits per heavy atom. The van der Waals surface area contributed by atoms with Crippen LogP contribution in [0.25, 0.3) is 16.9 Å². The van der Waals surface area contributed by atoms with Crippen molar-refractivity contribution in [3.8, 4) is 17.3 Å². The lowest BCUT2D eigenvalue weighted by molar-refractivity contribution is 0.354. The minimum absolute atomic E-state index is 0.293. The van der Waals surface area contributed by atoms with Crippen LogP contribution in [0.4, 0.5) is 0 Å². The van der Waals surface area contributed by atoms with E-state index in [1.54, 1.807) is 20.4 Å². The third kappa shape index (κ3) is 4.48. The van der Waals surface area contributed by atoms with Gasteiger partial charge in [0.25, 0.3) is 0 Å². The number of aryl methyl sites for hydroxylation is 2. The number of benzene rings is 1. The molecule has 0 spiro atoms. The molecule has 1 aliphatic carbocycles. The third-order valence-corrected chi connectivity index (χ3v) is 6.68. The van der Waals surface area contributed by atoms with Crippen molar-refractivity contribution in [1.29, 1.82) is 0 Å². The Labute approximate surface area is 214 Å². The average molecular weight is 494 g/mol. The van der Waals surface area contributed by atoms with E-state index in [0.29, 0.717) is 41.4 Å². The molecule has 1 aliphatic rings. The largest absolute Gasteiger partial charge is 0.493 e. The standard InChI is InChI=1S/C28H27N7O2/c1-16-30-24(20-14-19(20)21-8-9-22-23(33-21)6-5-11-29-22)15-28(31-16)35-27(32-17(2)34-35)13-18-7-10-25(36-3)26(12-18)37-4/h5-12,15,19-20H,13-14H2,1-4H3/t19-,20-/m1/s1. The summed E-state index contributed by atoms with van der Waals surface area (Å²) in [5.41, 5.74) is 4.95. The maximum atomic E-state index is 5.47. The molecule has 0 unspecified atom stereocenters. The van der Waals surface area contributed by atoms with Gasteiger partial charge in [-0.15, -0.1) is 5.10 Å². The smallest absolute Gasteiger partial charge is 0.161 e. The van der Waals surface area contributed by atoms with Crippen LogP contribution in [0.5, 0.6) is 11.5 Å². The van der Waals surface area contributed by atoms with Crippen molar-refractivity contribution in [3.05, 3.63) is 89.2 Å². The number of nitrogens with zero attached hydrogens (tertiary/aromatic N) is 7. The van der Waals surface area contributed by atoms with Gasteiger partial charge in [-0.05, 0) is 62.2 Å². The molecule has 186 valence electrons. The number of ether oxygens (including phenoxy) is 2. The molecule has 0 N–H and O–H groups in total. The summed E-state index contributed by atoms with van der Waals surface area (Å²) in [7, 11) is 3.26. The van der Waals surface area contributed by atoms with Crippen molar-refractivity contribution in [2.75, 3.05) is 14.2 Å². The predicted octanol–water partition coefficient (Wildman–Crippen LogP) is 4.50. The van der Waals surface area contributed by atoms with Crippen LogP contribution in [0.1, 0.15) is 52.7 Å². The van der Waals surface area contributed by atoms with Gasteiger partial charge in [0.1, 0.15) is 17.5 Å². The highest BCUT2D eigenvalue weighted by molar-refractivity contribution is 5.73. The summed E-state index contributed by atoms with van der Waals surface area (Å²) in [6, 6.07) is 16.0. The third-order valence-electron chi connectivity index (χ3n) is 6.68. The number of pyridine rings is 2. The van der Waals surface area contributed by atoms with Crippen molar-refractivity contribution >= 4 is 11.0 Å². The van der Waals surface area contributed by atoms with E-state index in [1.165, 1.54) is 0 Å². The van der Waals surface area contributed by atoms with Gasteiger partial charge in [-0.3, -0.25) is 9.97 Å². The second kappa shape index (κ2) is 9.24. The Morgan fingerprint density at radius 3 is 2.49 bits per heavy atom. The number of hydrogen-bond donors (Lipinski definition) is 0. The molecule has 0 aliphatic heterocycles. The van der Waals surface area contributed by atoms with Gasteiger partial charge in [0.2, 0.25) is 0 Å². The van der Waals surface area contributed by atoms with Crippen molar-refractivity contribution < 1.29 is 9.47 Å². The summed E-state index contributed by atoms with van der Waals surface area (Å²) in [6.45, 7) is 3.81. The van der Waals surface area contributed by atoms with Crippen LogP contribution in [-0.2, 0) is 6.42 Å². The molecule has 37 heavy (non-hydrogen) atoms. The second-order valence-electron chi connectivity index (χ2n) is 9.28. The molecule has 9 heteroatoms. The van der Waals surface area contributed by atoms with Gasteiger partial charge >= 0.3 is 0 Å². The fourth-order valence-electron chi connectivity index (χ4n) is 4.83. The van der Waals surface area contributed by atoms with E-state index in [1.807, 2.05) is 61.0 Å². The molecule has 9 nitrogen and oxygen atoms in total. The van der Waals surface area contributed by atoms with E-state index in [0.717, 1.165) is 46.0 Å². The van der Waals surface area contributed by atoms with E-state index in [2.05, 4.69) is 16.1 Å². The maximum absolute atomic E-state index is 5.47. The summed E-state index contributed by atoms with van der Waals surface area (Å²) in [5, 5.41) is 4.67. The zero-order valence-electron chi connectivity index (χ0n) is 21.2. The Kier molecular flexibility index (Phi) is 5.75. The first-order chi connectivity index (χ1) is 18.0. The van der Waals surface area contributed by atoms with Gasteiger partial charge in [-0.25, -0.2) is 15.0 Å². The summed E-state index contributed by atoms with van der Waals surface area (Å²) >= 11 is 0. The summed E-state index contributed by atoms with van der Waals surface area (Å²) in [4.78, 5) is 23.4. The first-order valence-electron chi connectivity index (χ1n) is 12.2. The topological polar surface area (TPSA) is 101 Å². The Hall–Kier alpha value is -4.40. The highest BCUT2D eigenvalue weighted by Crippen LogP contribution is 2.53. The van der Waals surface area contributed by atoms with Crippen LogP contribution in [-0.4, -0.2) is 48.9 Å². The molecule has 2 atom stereocenters. The van der Waals surface area contributed by atoms with Gasteiger partial charge in [0, 0.05) is 36.2 Å². The van der Waals surface area contributed by atoms with Gasteiger partial charge in [0.05, 0.1) is 30.9 Å². The molecule has 0 bridgehead atoms. The van der Waals surface area contributed by atoms with Crippen LogP contribution in [0.3, 0.4) is 0 Å². The summed E-state index contributed by atoms with van der Waals surface area (Å²) in [5.74, 6) is 4.91. The summed E-state index contributed by atoms with van der Waals surface area (Å²) in [6.07, 6.45) is 3.37. The quantitative estimate of drug-likeness (QED) is 0.327. The molecule has 0 radical (unpaired) electrons. The summed E-state index contributed by atoms with van der Waals surface area (Å²) < 4.78 is 12.7. The first kappa shape index (κ1) is 23.0. The average Bonchev–Trinajstić information content (AvgIpc) is 3.64. The first-order valence-corrected chi connectivity index (χ1v) is 12.2. The van der Waals surface area contributed by atoms with Crippen LogP contribution in [0.2, 0.25) is 0 Å². The van der Waals surface area contributed by atoms with E-state index < -0.39 is 0 Å².